The number of anilines is 1. The van der Waals surface area contributed by atoms with Crippen LogP contribution < -0.4 is 5.32 Å². The number of carbonyl (C=O) groups excluding carboxylic acids is 2. The fourth-order valence-corrected chi connectivity index (χ4v) is 4.95. The molecule has 206 valence electrons. The molecule has 0 atom stereocenters. The maximum atomic E-state index is 13.3. The quantitative estimate of drug-likeness (QED) is 0.170. The first-order chi connectivity index (χ1) is 20.0. The predicted molar refractivity (Wildman–Crippen MR) is 153 cm³/mol. The van der Waals surface area contributed by atoms with E-state index in [1.54, 1.807) is 13.1 Å². The molecule has 0 aliphatic heterocycles. The first kappa shape index (κ1) is 27.7. The number of esters is 1. The van der Waals surface area contributed by atoms with Crippen LogP contribution in [0.1, 0.15) is 23.0 Å². The van der Waals surface area contributed by atoms with Crippen LogP contribution >= 0.6 is 11.8 Å². The van der Waals surface area contributed by atoms with E-state index < -0.39 is 5.97 Å². The Balaban J connectivity index is 1.40. The average Bonchev–Trinajstić information content (AvgIpc) is 3.44. The van der Waals surface area contributed by atoms with Crippen LogP contribution in [0.15, 0.2) is 96.2 Å². The van der Waals surface area contributed by atoms with Crippen molar-refractivity contribution in [2.75, 3.05) is 11.9 Å². The van der Waals surface area contributed by atoms with Crippen molar-refractivity contribution < 1.29 is 18.7 Å². The van der Waals surface area contributed by atoms with Crippen LogP contribution in [0.2, 0.25) is 0 Å². The first-order valence-corrected chi connectivity index (χ1v) is 13.8. The zero-order chi connectivity index (χ0) is 28.6. The Bertz CT molecular complexity index is 1650. The molecule has 11 heteroatoms. The molecule has 1 amide bonds. The van der Waals surface area contributed by atoms with Gasteiger partial charge in [0.15, 0.2) is 0 Å². The van der Waals surface area contributed by atoms with Gasteiger partial charge >= 0.3 is 5.97 Å². The normalized spacial score (nSPS) is 10.8. The van der Waals surface area contributed by atoms with E-state index in [9.17, 15) is 14.0 Å². The molecule has 2 heterocycles. The zero-order valence-electron chi connectivity index (χ0n) is 22.0. The fourth-order valence-electron chi connectivity index (χ4n) is 4.10. The highest BCUT2D eigenvalue weighted by Crippen LogP contribution is 2.38. The molecule has 0 saturated carbocycles. The van der Waals surface area contributed by atoms with E-state index in [1.807, 2.05) is 60.7 Å². The van der Waals surface area contributed by atoms with Crippen LogP contribution in [0.4, 0.5) is 10.1 Å². The van der Waals surface area contributed by atoms with Crippen LogP contribution in [0, 0.1) is 5.82 Å². The van der Waals surface area contributed by atoms with Crippen LogP contribution in [0.25, 0.3) is 22.4 Å². The van der Waals surface area contributed by atoms with E-state index in [-0.39, 0.29) is 24.9 Å². The van der Waals surface area contributed by atoms with Gasteiger partial charge < -0.3 is 10.1 Å². The van der Waals surface area contributed by atoms with Crippen LogP contribution in [-0.4, -0.2) is 43.7 Å². The molecule has 2 aromatic heterocycles. The highest BCUT2D eigenvalue weighted by Gasteiger charge is 2.26. The minimum atomic E-state index is -0.498. The molecule has 0 fully saturated rings. The molecule has 0 spiro atoms. The monoisotopic (exact) mass is 568 g/mol. The van der Waals surface area contributed by atoms with Crippen LogP contribution in [0.3, 0.4) is 0 Å². The van der Waals surface area contributed by atoms with Gasteiger partial charge in [0, 0.05) is 28.8 Å². The minimum Gasteiger partial charge on any atom is -0.462 e. The Morgan fingerprint density at radius 2 is 1.59 bits per heavy atom. The third-order valence-electron chi connectivity index (χ3n) is 5.91. The number of hydrogen-bond acceptors (Lipinski definition) is 8. The number of hydrogen-bond donors (Lipinski definition) is 1. The number of benzene rings is 3. The number of rotatable bonds is 10. The summed E-state index contributed by atoms with van der Waals surface area (Å²) in [6.45, 7) is 1.88. The van der Waals surface area contributed by atoms with Gasteiger partial charge in [-0.15, -0.1) is 15.3 Å². The molecule has 1 N–H and O–H groups in total. The van der Waals surface area contributed by atoms with Crippen molar-refractivity contribution in [2.45, 2.75) is 24.2 Å². The van der Waals surface area contributed by atoms with Crippen molar-refractivity contribution in [1.29, 1.82) is 0 Å². The van der Waals surface area contributed by atoms with Gasteiger partial charge in [-0.2, -0.15) is 0 Å². The van der Waals surface area contributed by atoms with Crippen molar-refractivity contribution in [2.24, 2.45) is 0 Å². The molecule has 0 bridgehead atoms. The molecular formula is C30H25FN6O3S. The highest BCUT2D eigenvalue weighted by molar-refractivity contribution is 7.98. The minimum absolute atomic E-state index is 0.0765. The van der Waals surface area contributed by atoms with Crippen LogP contribution in [0.5, 0.6) is 0 Å². The Morgan fingerprint density at radius 3 is 2.27 bits per heavy atom. The number of nitrogens with zero attached hydrogens (tertiary/aromatic N) is 5. The lowest BCUT2D eigenvalue weighted by atomic mass is 9.96. The van der Waals surface area contributed by atoms with Gasteiger partial charge in [-0.3, -0.25) is 4.79 Å². The molecule has 9 nitrogen and oxygen atoms in total. The predicted octanol–water partition coefficient (Wildman–Crippen LogP) is 5.65. The van der Waals surface area contributed by atoms with E-state index in [0.29, 0.717) is 39.0 Å². The van der Waals surface area contributed by atoms with Gasteiger partial charge in [-0.25, -0.2) is 13.9 Å². The Hall–Kier alpha value is -4.90. The number of halogens is 1. The summed E-state index contributed by atoms with van der Waals surface area (Å²) >= 11 is 1.28. The standard InChI is InChI=1S/C30H25FN6O3S/c1-2-40-30(39)27-26(20-9-5-3-6-10-20)28(21-11-7-4-8-12-21)34-35-29(27)41-19-24-17-37(36-33-24)18-25(38)32-23-15-13-22(31)14-16-23/h3-17H,2,18-19H2,1H3,(H,32,38). The van der Waals surface area contributed by atoms with Gasteiger partial charge in [0.2, 0.25) is 5.91 Å². The molecule has 5 rings (SSSR count). The first-order valence-electron chi connectivity index (χ1n) is 12.8. The molecule has 41 heavy (non-hydrogen) atoms. The molecule has 0 aliphatic carbocycles. The van der Waals surface area contributed by atoms with E-state index in [4.69, 9.17) is 4.74 Å². The second-order valence-electron chi connectivity index (χ2n) is 8.81. The van der Waals surface area contributed by atoms with Crippen molar-refractivity contribution in [1.82, 2.24) is 25.2 Å². The van der Waals surface area contributed by atoms with E-state index in [0.717, 1.165) is 11.1 Å². The van der Waals surface area contributed by atoms with Crippen molar-refractivity contribution in [3.05, 3.63) is 108 Å². The summed E-state index contributed by atoms with van der Waals surface area (Å²) in [6, 6.07) is 24.6. The van der Waals surface area contributed by atoms with Crippen LogP contribution in [-0.2, 0) is 21.8 Å². The summed E-state index contributed by atoms with van der Waals surface area (Å²) in [5.41, 5.74) is 4.21. The number of aromatic nitrogens is 5. The molecular weight excluding hydrogens is 543 g/mol. The summed E-state index contributed by atoms with van der Waals surface area (Å²) in [7, 11) is 0. The topological polar surface area (TPSA) is 112 Å². The lowest BCUT2D eigenvalue weighted by Gasteiger charge is -2.16. The van der Waals surface area contributed by atoms with Crippen molar-refractivity contribution in [3.63, 3.8) is 0 Å². The number of thioether (sulfide) groups is 1. The van der Waals surface area contributed by atoms with E-state index in [1.165, 1.54) is 40.7 Å². The summed E-state index contributed by atoms with van der Waals surface area (Å²) < 4.78 is 20.0. The third-order valence-corrected chi connectivity index (χ3v) is 6.91. The molecule has 0 aliphatic rings. The maximum Gasteiger partial charge on any atom is 0.341 e. The van der Waals surface area contributed by atoms with Gasteiger partial charge in [0.05, 0.1) is 12.3 Å². The summed E-state index contributed by atoms with van der Waals surface area (Å²) in [4.78, 5) is 25.7. The Kier molecular flexibility index (Phi) is 8.75. The second kappa shape index (κ2) is 13.0. The lowest BCUT2D eigenvalue weighted by Crippen LogP contribution is -2.19. The Labute approximate surface area is 239 Å². The molecule has 3 aromatic carbocycles. The smallest absolute Gasteiger partial charge is 0.341 e. The number of nitrogens with one attached hydrogen (secondary N) is 1. The zero-order valence-corrected chi connectivity index (χ0v) is 22.8. The van der Waals surface area contributed by atoms with Gasteiger partial charge in [-0.1, -0.05) is 77.6 Å². The summed E-state index contributed by atoms with van der Waals surface area (Å²) in [6.07, 6.45) is 1.64. The Morgan fingerprint density at radius 1 is 0.902 bits per heavy atom. The van der Waals surface area contributed by atoms with Crippen molar-refractivity contribution in [3.8, 4) is 22.4 Å². The average molecular weight is 569 g/mol. The molecule has 0 unspecified atom stereocenters. The second-order valence-corrected chi connectivity index (χ2v) is 9.77. The van der Waals surface area contributed by atoms with Crippen molar-refractivity contribution >= 4 is 29.3 Å². The molecule has 0 radical (unpaired) electrons. The van der Waals surface area contributed by atoms with Gasteiger partial charge in [-0.05, 0) is 36.8 Å². The number of carbonyl (C=O) groups is 2. The maximum absolute atomic E-state index is 13.3. The SMILES string of the molecule is CCOC(=O)c1c(SCc2cn(CC(=O)Nc3ccc(F)cc3)nn2)nnc(-c2ccccc2)c1-c1ccccc1. The highest BCUT2D eigenvalue weighted by atomic mass is 32.2. The molecule has 5 aromatic rings. The third kappa shape index (κ3) is 6.82. The number of ether oxygens (including phenoxy) is 1. The lowest BCUT2D eigenvalue weighted by molar-refractivity contribution is -0.116. The molecule has 0 saturated heterocycles. The number of amides is 1. The summed E-state index contributed by atoms with van der Waals surface area (Å²) in [5, 5.41) is 20.2. The van der Waals surface area contributed by atoms with Gasteiger partial charge in [0.1, 0.15) is 28.6 Å². The van der Waals surface area contributed by atoms with Gasteiger partial charge in [0.25, 0.3) is 0 Å². The largest absolute Gasteiger partial charge is 0.462 e. The van der Waals surface area contributed by atoms with E-state index >= 15 is 0 Å². The summed E-state index contributed by atoms with van der Waals surface area (Å²) in [5.74, 6) is -0.899. The van der Waals surface area contributed by atoms with E-state index in [2.05, 4.69) is 25.8 Å². The fraction of sp³-hybridized carbons (Fsp3) is 0.133.